The molecule has 0 spiro atoms. The second-order valence-corrected chi connectivity index (χ2v) is 5.51. The predicted molar refractivity (Wildman–Crippen MR) is 70.6 cm³/mol. The highest BCUT2D eigenvalue weighted by Crippen LogP contribution is 2.33. The molecule has 0 bridgehead atoms. The molecule has 21 heavy (non-hydrogen) atoms. The van der Waals surface area contributed by atoms with Crippen molar-refractivity contribution in [2.45, 2.75) is 38.5 Å². The number of piperazine rings is 1. The molecule has 114 valence electrons. The molecule has 1 fully saturated rings. The summed E-state index contributed by atoms with van der Waals surface area (Å²) in [4.78, 5) is 25.4. The standard InChI is InChI=1S/C14H15F3N2O2/c1-8-11(20)18-13(2,3)12(21)19(8)10-6-4-5-9(7-10)14(15,16)17/h4-8H,1-3H3,(H,18,20). The van der Waals surface area contributed by atoms with Crippen LogP contribution in [0.1, 0.15) is 26.3 Å². The first-order chi connectivity index (χ1) is 9.54. The van der Waals surface area contributed by atoms with E-state index in [4.69, 9.17) is 0 Å². The highest BCUT2D eigenvalue weighted by molar-refractivity contribution is 6.10. The topological polar surface area (TPSA) is 49.4 Å². The third kappa shape index (κ3) is 2.72. The molecule has 1 unspecified atom stereocenters. The van der Waals surface area contributed by atoms with E-state index >= 15 is 0 Å². The maximum atomic E-state index is 12.8. The molecule has 1 saturated heterocycles. The van der Waals surface area contributed by atoms with Crippen LogP contribution in [0.2, 0.25) is 0 Å². The van der Waals surface area contributed by atoms with Crippen molar-refractivity contribution < 1.29 is 22.8 Å². The first-order valence-corrected chi connectivity index (χ1v) is 6.37. The molecule has 0 aliphatic carbocycles. The molecule has 1 aromatic rings. The van der Waals surface area contributed by atoms with Gasteiger partial charge in [0.1, 0.15) is 11.6 Å². The highest BCUT2D eigenvalue weighted by atomic mass is 19.4. The van der Waals surface area contributed by atoms with Crippen molar-refractivity contribution in [2.24, 2.45) is 0 Å². The molecule has 1 atom stereocenters. The third-order valence-corrected chi connectivity index (χ3v) is 3.41. The summed E-state index contributed by atoms with van der Waals surface area (Å²) in [7, 11) is 0. The molecule has 4 nitrogen and oxygen atoms in total. The molecule has 1 aliphatic heterocycles. The largest absolute Gasteiger partial charge is 0.416 e. The molecule has 0 aromatic heterocycles. The van der Waals surface area contributed by atoms with Gasteiger partial charge in [-0.1, -0.05) is 6.07 Å². The zero-order chi connectivity index (χ0) is 16.0. The minimum Gasteiger partial charge on any atom is -0.340 e. The van der Waals surface area contributed by atoms with E-state index in [0.717, 1.165) is 17.0 Å². The molecule has 2 rings (SSSR count). The maximum Gasteiger partial charge on any atom is 0.416 e. The van der Waals surface area contributed by atoms with Crippen LogP contribution in [0.5, 0.6) is 0 Å². The lowest BCUT2D eigenvalue weighted by atomic mass is 9.96. The van der Waals surface area contributed by atoms with Crippen molar-refractivity contribution in [3.63, 3.8) is 0 Å². The van der Waals surface area contributed by atoms with Crippen LogP contribution in [-0.4, -0.2) is 23.4 Å². The smallest absolute Gasteiger partial charge is 0.340 e. The first-order valence-electron chi connectivity index (χ1n) is 6.37. The summed E-state index contributed by atoms with van der Waals surface area (Å²) in [5.41, 5.74) is -1.95. The fourth-order valence-corrected chi connectivity index (χ4v) is 2.23. The molecule has 0 saturated carbocycles. The quantitative estimate of drug-likeness (QED) is 0.865. The Morgan fingerprint density at radius 3 is 2.43 bits per heavy atom. The van der Waals surface area contributed by atoms with E-state index in [1.54, 1.807) is 0 Å². The Balaban J connectivity index is 2.48. The Morgan fingerprint density at radius 1 is 1.24 bits per heavy atom. The second kappa shape index (κ2) is 4.75. The lowest BCUT2D eigenvalue weighted by Crippen LogP contribution is -2.67. The van der Waals surface area contributed by atoms with Gasteiger partial charge >= 0.3 is 6.18 Å². The Labute approximate surface area is 119 Å². The van der Waals surface area contributed by atoms with Gasteiger partial charge in [0.15, 0.2) is 0 Å². The minimum absolute atomic E-state index is 0.0604. The summed E-state index contributed by atoms with van der Waals surface area (Å²) in [6, 6.07) is 3.54. The Kier molecular flexibility index (Phi) is 3.47. The first kappa shape index (κ1) is 15.3. The third-order valence-electron chi connectivity index (χ3n) is 3.41. The van der Waals surface area contributed by atoms with E-state index in [1.165, 1.54) is 32.9 Å². The van der Waals surface area contributed by atoms with Crippen LogP contribution in [0.3, 0.4) is 0 Å². The summed E-state index contributed by atoms with van der Waals surface area (Å²) in [6.45, 7) is 4.50. The fourth-order valence-electron chi connectivity index (χ4n) is 2.23. The zero-order valence-electron chi connectivity index (χ0n) is 11.8. The Hall–Kier alpha value is -2.05. The molecule has 7 heteroatoms. The second-order valence-electron chi connectivity index (χ2n) is 5.51. The van der Waals surface area contributed by atoms with Crippen LogP contribution in [-0.2, 0) is 15.8 Å². The molecule has 2 amide bonds. The summed E-state index contributed by atoms with van der Waals surface area (Å²) < 4.78 is 38.3. The molecule has 1 heterocycles. The molecule has 1 N–H and O–H groups in total. The van der Waals surface area contributed by atoms with Gasteiger partial charge < -0.3 is 5.32 Å². The van der Waals surface area contributed by atoms with Gasteiger partial charge in [-0.25, -0.2) is 0 Å². The monoisotopic (exact) mass is 300 g/mol. The van der Waals surface area contributed by atoms with Gasteiger partial charge in [0.2, 0.25) is 5.91 Å². The van der Waals surface area contributed by atoms with E-state index in [9.17, 15) is 22.8 Å². The SMILES string of the molecule is CC1C(=O)NC(C)(C)C(=O)N1c1cccc(C(F)(F)F)c1. The van der Waals surface area contributed by atoms with Gasteiger partial charge in [-0.3, -0.25) is 14.5 Å². The summed E-state index contributed by atoms with van der Waals surface area (Å²) in [5.74, 6) is -0.856. The average molecular weight is 300 g/mol. The summed E-state index contributed by atoms with van der Waals surface area (Å²) in [5, 5.41) is 2.55. The normalized spacial score (nSPS) is 22.2. The van der Waals surface area contributed by atoms with Gasteiger partial charge in [0, 0.05) is 5.69 Å². The van der Waals surface area contributed by atoms with Crippen molar-refractivity contribution in [1.82, 2.24) is 5.32 Å². The van der Waals surface area contributed by atoms with Crippen molar-refractivity contribution in [2.75, 3.05) is 4.90 Å². The van der Waals surface area contributed by atoms with Crippen LogP contribution in [0.4, 0.5) is 18.9 Å². The number of halogens is 3. The van der Waals surface area contributed by atoms with Gasteiger partial charge in [-0.05, 0) is 39.0 Å². The van der Waals surface area contributed by atoms with E-state index < -0.39 is 35.1 Å². The molecule has 1 aliphatic rings. The van der Waals surface area contributed by atoms with Crippen LogP contribution < -0.4 is 10.2 Å². The minimum atomic E-state index is -4.50. The number of carbonyl (C=O) groups is 2. The predicted octanol–water partition coefficient (Wildman–Crippen LogP) is 2.34. The van der Waals surface area contributed by atoms with Crippen LogP contribution >= 0.6 is 0 Å². The molecular weight excluding hydrogens is 285 g/mol. The van der Waals surface area contributed by atoms with Crippen molar-refractivity contribution in [3.8, 4) is 0 Å². The van der Waals surface area contributed by atoms with Crippen molar-refractivity contribution >= 4 is 17.5 Å². The van der Waals surface area contributed by atoms with Crippen LogP contribution in [0.25, 0.3) is 0 Å². The summed E-state index contributed by atoms with van der Waals surface area (Å²) in [6.07, 6.45) is -4.50. The number of hydrogen-bond acceptors (Lipinski definition) is 2. The van der Waals surface area contributed by atoms with E-state index in [1.807, 2.05) is 0 Å². The maximum absolute atomic E-state index is 12.8. The zero-order valence-corrected chi connectivity index (χ0v) is 11.8. The number of hydrogen-bond donors (Lipinski definition) is 1. The molecular formula is C14H15F3N2O2. The highest BCUT2D eigenvalue weighted by Gasteiger charge is 2.44. The van der Waals surface area contributed by atoms with Crippen molar-refractivity contribution in [3.05, 3.63) is 29.8 Å². The number of nitrogens with zero attached hydrogens (tertiary/aromatic N) is 1. The van der Waals surface area contributed by atoms with Crippen LogP contribution in [0, 0.1) is 0 Å². The average Bonchev–Trinajstić information content (AvgIpc) is 2.36. The number of benzene rings is 1. The molecule has 0 radical (unpaired) electrons. The van der Waals surface area contributed by atoms with E-state index in [-0.39, 0.29) is 5.69 Å². The lowest BCUT2D eigenvalue weighted by molar-refractivity contribution is -0.138. The van der Waals surface area contributed by atoms with Gasteiger partial charge in [-0.2, -0.15) is 13.2 Å². The van der Waals surface area contributed by atoms with Gasteiger partial charge in [0.05, 0.1) is 5.56 Å². The summed E-state index contributed by atoms with van der Waals surface area (Å²) >= 11 is 0. The number of anilines is 1. The van der Waals surface area contributed by atoms with Gasteiger partial charge in [0.25, 0.3) is 5.91 Å². The lowest BCUT2D eigenvalue weighted by Gasteiger charge is -2.41. The number of carbonyl (C=O) groups excluding carboxylic acids is 2. The van der Waals surface area contributed by atoms with Gasteiger partial charge in [-0.15, -0.1) is 0 Å². The van der Waals surface area contributed by atoms with E-state index in [2.05, 4.69) is 5.32 Å². The van der Waals surface area contributed by atoms with Crippen molar-refractivity contribution in [1.29, 1.82) is 0 Å². The Bertz CT molecular complexity index is 596. The number of amides is 2. The number of alkyl halides is 3. The van der Waals surface area contributed by atoms with Crippen LogP contribution in [0.15, 0.2) is 24.3 Å². The van der Waals surface area contributed by atoms with E-state index in [0.29, 0.717) is 0 Å². The Morgan fingerprint density at radius 2 is 1.86 bits per heavy atom. The molecule has 1 aromatic carbocycles. The number of rotatable bonds is 1. The number of nitrogens with one attached hydrogen (secondary N) is 1. The fraction of sp³-hybridized carbons (Fsp3) is 0.429.